The summed E-state index contributed by atoms with van der Waals surface area (Å²) in [5, 5.41) is 8.88. The first-order chi connectivity index (χ1) is 9.56. The average Bonchev–Trinajstić information content (AvgIpc) is 2.84. The van der Waals surface area contributed by atoms with E-state index >= 15 is 0 Å². The summed E-state index contributed by atoms with van der Waals surface area (Å²) in [7, 11) is 0. The van der Waals surface area contributed by atoms with E-state index in [1.165, 1.54) is 30.3 Å². The first-order valence-electron chi connectivity index (χ1n) is 5.64. The average molecular weight is 275 g/mol. The van der Waals surface area contributed by atoms with E-state index in [1.807, 2.05) is 0 Å². The summed E-state index contributed by atoms with van der Waals surface area (Å²) in [6, 6.07) is 7.74. The molecule has 1 heterocycles. The number of fused-ring (bicyclic) bond motifs is 1. The first-order valence-corrected chi connectivity index (χ1v) is 5.64. The Morgan fingerprint density at radius 2 is 2.00 bits per heavy atom. The Labute approximate surface area is 111 Å². The van der Waals surface area contributed by atoms with E-state index in [0.717, 1.165) is 6.07 Å². The minimum atomic E-state index is -1.10. The zero-order valence-corrected chi connectivity index (χ0v) is 9.93. The normalized spacial score (nSPS) is 10.9. The molecule has 0 spiro atoms. The number of hydrogen-bond acceptors (Lipinski definition) is 3. The summed E-state index contributed by atoms with van der Waals surface area (Å²) < 4.78 is 32.1. The number of benzene rings is 2. The monoisotopic (exact) mass is 275 g/mol. The molecule has 100 valence electrons. The molecule has 0 fully saturated rings. The van der Waals surface area contributed by atoms with Gasteiger partial charge in [0, 0.05) is 0 Å². The molecule has 6 heteroatoms. The molecule has 0 amide bonds. The van der Waals surface area contributed by atoms with Crippen molar-refractivity contribution in [1.29, 1.82) is 0 Å². The van der Waals surface area contributed by atoms with Gasteiger partial charge in [0.2, 0.25) is 5.89 Å². The minimum Gasteiger partial charge on any atom is -0.478 e. The van der Waals surface area contributed by atoms with Gasteiger partial charge < -0.3 is 9.52 Å². The molecule has 3 aromatic rings. The maximum Gasteiger partial charge on any atom is 0.335 e. The number of rotatable bonds is 2. The third-order valence-corrected chi connectivity index (χ3v) is 2.82. The molecule has 20 heavy (non-hydrogen) atoms. The lowest BCUT2D eigenvalue weighted by molar-refractivity contribution is 0.0697. The summed E-state index contributed by atoms with van der Waals surface area (Å²) in [5.74, 6) is -3.26. The maximum absolute atomic E-state index is 13.7. The number of aromatic carboxylic acids is 1. The van der Waals surface area contributed by atoms with Gasteiger partial charge in [0.25, 0.3) is 0 Å². The van der Waals surface area contributed by atoms with Gasteiger partial charge in [-0.1, -0.05) is 6.07 Å². The largest absolute Gasteiger partial charge is 0.478 e. The molecule has 0 saturated carbocycles. The Hall–Kier alpha value is -2.76. The van der Waals surface area contributed by atoms with Crippen molar-refractivity contribution in [3.63, 3.8) is 0 Å². The summed E-state index contributed by atoms with van der Waals surface area (Å²) in [6.45, 7) is 0. The predicted molar refractivity (Wildman–Crippen MR) is 66.3 cm³/mol. The molecule has 0 unspecified atom stereocenters. The quantitative estimate of drug-likeness (QED) is 0.777. The second kappa shape index (κ2) is 4.41. The lowest BCUT2D eigenvalue weighted by Gasteiger charge is -1.97. The molecule has 0 atom stereocenters. The van der Waals surface area contributed by atoms with Crippen molar-refractivity contribution in [3.8, 4) is 11.5 Å². The molecule has 4 nitrogen and oxygen atoms in total. The summed E-state index contributed by atoms with van der Waals surface area (Å²) in [6.07, 6.45) is 0. The second-order valence-electron chi connectivity index (χ2n) is 4.11. The van der Waals surface area contributed by atoms with Crippen LogP contribution in [0.4, 0.5) is 8.78 Å². The van der Waals surface area contributed by atoms with E-state index in [1.54, 1.807) is 0 Å². The summed E-state index contributed by atoms with van der Waals surface area (Å²) in [4.78, 5) is 14.8. The number of halogens is 2. The van der Waals surface area contributed by atoms with Crippen molar-refractivity contribution in [1.82, 2.24) is 4.98 Å². The van der Waals surface area contributed by atoms with Crippen LogP contribution in [0.5, 0.6) is 0 Å². The van der Waals surface area contributed by atoms with Crippen LogP contribution in [0.1, 0.15) is 10.4 Å². The van der Waals surface area contributed by atoms with Crippen LogP contribution in [-0.2, 0) is 0 Å². The van der Waals surface area contributed by atoms with Crippen LogP contribution in [0.15, 0.2) is 40.8 Å². The molecule has 1 aromatic heterocycles. The Kier molecular flexibility index (Phi) is 2.71. The van der Waals surface area contributed by atoms with Crippen LogP contribution in [-0.4, -0.2) is 16.1 Å². The highest BCUT2D eigenvalue weighted by atomic mass is 19.2. The van der Waals surface area contributed by atoms with Gasteiger partial charge in [0.05, 0.1) is 11.1 Å². The maximum atomic E-state index is 13.7. The fraction of sp³-hybridized carbons (Fsp3) is 0. The Balaban J connectivity index is 2.18. The highest BCUT2D eigenvalue weighted by molar-refractivity contribution is 5.92. The molecule has 0 saturated heterocycles. The predicted octanol–water partition coefficient (Wildman–Crippen LogP) is 3.47. The van der Waals surface area contributed by atoms with Crippen molar-refractivity contribution < 1.29 is 23.1 Å². The zero-order chi connectivity index (χ0) is 14.3. The van der Waals surface area contributed by atoms with Crippen LogP contribution in [0.25, 0.3) is 22.6 Å². The van der Waals surface area contributed by atoms with E-state index in [-0.39, 0.29) is 22.5 Å². The number of aromatic nitrogens is 1. The number of carbonyl (C=O) groups is 1. The topological polar surface area (TPSA) is 63.3 Å². The van der Waals surface area contributed by atoms with Crippen LogP contribution in [0.2, 0.25) is 0 Å². The van der Waals surface area contributed by atoms with E-state index in [2.05, 4.69) is 4.98 Å². The second-order valence-corrected chi connectivity index (χ2v) is 4.11. The van der Waals surface area contributed by atoms with Crippen LogP contribution in [0, 0.1) is 11.6 Å². The highest BCUT2D eigenvalue weighted by Gasteiger charge is 2.16. The van der Waals surface area contributed by atoms with E-state index in [0.29, 0.717) is 5.58 Å². The number of carboxylic acids is 1. The van der Waals surface area contributed by atoms with Crippen molar-refractivity contribution in [3.05, 3.63) is 53.6 Å². The van der Waals surface area contributed by atoms with Crippen molar-refractivity contribution >= 4 is 17.1 Å². The van der Waals surface area contributed by atoms with Gasteiger partial charge in [0.1, 0.15) is 5.52 Å². The molecule has 2 aromatic carbocycles. The van der Waals surface area contributed by atoms with Crippen LogP contribution in [0.3, 0.4) is 0 Å². The summed E-state index contributed by atoms with van der Waals surface area (Å²) in [5.41, 5.74) is 0.493. The third-order valence-electron chi connectivity index (χ3n) is 2.82. The highest BCUT2D eigenvalue weighted by Crippen LogP contribution is 2.27. The van der Waals surface area contributed by atoms with Crippen LogP contribution < -0.4 is 0 Å². The molecule has 0 radical (unpaired) electrons. The smallest absolute Gasteiger partial charge is 0.335 e. The van der Waals surface area contributed by atoms with Crippen molar-refractivity contribution in [2.75, 3.05) is 0 Å². The standard InChI is InChI=1S/C14H7F2NO3/c15-9-3-1-2-8(12(9)16)13-17-10-6-7(14(18)19)4-5-11(10)20-13/h1-6H,(H,18,19). The first kappa shape index (κ1) is 12.3. The third kappa shape index (κ3) is 1.91. The molecule has 0 aliphatic rings. The number of oxazole rings is 1. The van der Waals surface area contributed by atoms with Gasteiger partial charge in [-0.3, -0.25) is 0 Å². The molecule has 3 rings (SSSR count). The fourth-order valence-electron chi connectivity index (χ4n) is 1.84. The van der Waals surface area contributed by atoms with Crippen molar-refractivity contribution in [2.45, 2.75) is 0 Å². The van der Waals surface area contributed by atoms with Gasteiger partial charge in [0.15, 0.2) is 17.2 Å². The Bertz CT molecular complexity index is 826. The van der Waals surface area contributed by atoms with E-state index in [9.17, 15) is 13.6 Å². The number of carboxylic acid groups (broad SMARTS) is 1. The molecule has 0 bridgehead atoms. The van der Waals surface area contributed by atoms with Crippen LogP contribution >= 0.6 is 0 Å². The lowest BCUT2D eigenvalue weighted by Crippen LogP contribution is -1.94. The summed E-state index contributed by atoms with van der Waals surface area (Å²) >= 11 is 0. The van der Waals surface area contributed by atoms with Gasteiger partial charge in [-0.15, -0.1) is 0 Å². The van der Waals surface area contributed by atoms with E-state index in [4.69, 9.17) is 9.52 Å². The van der Waals surface area contributed by atoms with E-state index < -0.39 is 17.6 Å². The fourth-order valence-corrected chi connectivity index (χ4v) is 1.84. The molecule has 1 N–H and O–H groups in total. The number of hydrogen-bond donors (Lipinski definition) is 1. The molecular formula is C14H7F2NO3. The molecular weight excluding hydrogens is 268 g/mol. The Morgan fingerprint density at radius 3 is 2.75 bits per heavy atom. The van der Waals surface area contributed by atoms with Crippen molar-refractivity contribution in [2.24, 2.45) is 0 Å². The number of nitrogens with zero attached hydrogens (tertiary/aromatic N) is 1. The van der Waals surface area contributed by atoms with Gasteiger partial charge in [-0.05, 0) is 30.3 Å². The van der Waals surface area contributed by atoms with Gasteiger partial charge in [-0.25, -0.2) is 18.6 Å². The zero-order valence-electron chi connectivity index (χ0n) is 9.93. The molecule has 0 aliphatic heterocycles. The lowest BCUT2D eigenvalue weighted by atomic mass is 10.2. The minimum absolute atomic E-state index is 0.0389. The molecule has 0 aliphatic carbocycles. The SMILES string of the molecule is O=C(O)c1ccc2oc(-c3cccc(F)c3F)nc2c1. The van der Waals surface area contributed by atoms with Gasteiger partial charge in [-0.2, -0.15) is 0 Å². The Morgan fingerprint density at radius 1 is 1.20 bits per heavy atom. The van der Waals surface area contributed by atoms with Gasteiger partial charge >= 0.3 is 5.97 Å².